The fraction of sp³-hybridized carbons (Fsp3) is 0.263. The average molecular weight is 294 g/mol. The summed E-state index contributed by atoms with van der Waals surface area (Å²) in [6.45, 7) is 2.64. The van der Waals surface area contributed by atoms with Gasteiger partial charge in [-0.25, -0.2) is 0 Å². The summed E-state index contributed by atoms with van der Waals surface area (Å²) < 4.78 is 2.18. The van der Waals surface area contributed by atoms with Crippen molar-refractivity contribution in [3.63, 3.8) is 0 Å². The van der Waals surface area contributed by atoms with E-state index in [0.717, 1.165) is 11.1 Å². The van der Waals surface area contributed by atoms with E-state index in [1.54, 1.807) is 0 Å². The summed E-state index contributed by atoms with van der Waals surface area (Å²) in [6, 6.07) is 18.6. The van der Waals surface area contributed by atoms with Crippen molar-refractivity contribution < 1.29 is 5.11 Å². The highest BCUT2D eigenvalue weighted by Crippen LogP contribution is 2.29. The molecule has 0 fully saturated rings. The Morgan fingerprint density at radius 3 is 2.55 bits per heavy atom. The van der Waals surface area contributed by atoms with E-state index < -0.39 is 6.10 Å². The number of likely N-dealkylation sites (N-methyl/N-ethyl adjacent to an activating group) is 1. The lowest BCUT2D eigenvalue weighted by atomic mass is 9.96. The van der Waals surface area contributed by atoms with Crippen LogP contribution in [0, 0.1) is 6.92 Å². The second kappa shape index (κ2) is 6.34. The lowest BCUT2D eigenvalue weighted by Gasteiger charge is -2.27. The smallest absolute Gasteiger partial charge is 0.0912 e. The molecule has 22 heavy (non-hydrogen) atoms. The number of nitrogens with one attached hydrogen (secondary N) is 1. The van der Waals surface area contributed by atoms with Gasteiger partial charge in [0.05, 0.1) is 12.1 Å². The van der Waals surface area contributed by atoms with E-state index >= 15 is 0 Å². The molecule has 0 spiro atoms. The standard InChI is InChI=1S/C19H22N2O/c1-14-7-3-5-9-16(14)19(18(22)13-20-2)21-12-11-15-8-4-6-10-17(15)21/h3-12,18-20,22H,13H2,1-2H3/t18-,19-/m0/s1. The maximum atomic E-state index is 10.7. The molecule has 0 radical (unpaired) electrons. The molecule has 2 aromatic carbocycles. The van der Waals surface area contributed by atoms with Crippen LogP contribution in [0.5, 0.6) is 0 Å². The van der Waals surface area contributed by atoms with Crippen LogP contribution in [0.15, 0.2) is 60.8 Å². The minimum Gasteiger partial charge on any atom is -0.389 e. The molecule has 114 valence electrons. The van der Waals surface area contributed by atoms with Crippen LogP contribution in [-0.4, -0.2) is 29.4 Å². The predicted octanol–water partition coefficient (Wildman–Crippen LogP) is 3.12. The molecule has 0 aliphatic carbocycles. The second-order valence-electron chi connectivity index (χ2n) is 5.71. The third-order valence-electron chi connectivity index (χ3n) is 4.21. The third-order valence-corrected chi connectivity index (χ3v) is 4.21. The van der Waals surface area contributed by atoms with Crippen molar-refractivity contribution in [3.05, 3.63) is 71.9 Å². The molecule has 0 saturated carbocycles. The van der Waals surface area contributed by atoms with Gasteiger partial charge in [-0.2, -0.15) is 0 Å². The summed E-state index contributed by atoms with van der Waals surface area (Å²) in [6.07, 6.45) is 1.57. The molecule has 0 saturated heterocycles. The Morgan fingerprint density at radius 1 is 1.05 bits per heavy atom. The number of hydrogen-bond donors (Lipinski definition) is 2. The van der Waals surface area contributed by atoms with E-state index in [-0.39, 0.29) is 6.04 Å². The highest BCUT2D eigenvalue weighted by atomic mass is 16.3. The lowest BCUT2D eigenvalue weighted by molar-refractivity contribution is 0.132. The van der Waals surface area contributed by atoms with Crippen LogP contribution in [0.3, 0.4) is 0 Å². The number of fused-ring (bicyclic) bond motifs is 1. The number of aliphatic hydroxyl groups is 1. The van der Waals surface area contributed by atoms with Crippen molar-refractivity contribution in [1.29, 1.82) is 0 Å². The van der Waals surface area contributed by atoms with Gasteiger partial charge in [0.2, 0.25) is 0 Å². The Bertz CT molecular complexity index is 763. The first-order valence-corrected chi connectivity index (χ1v) is 7.66. The number of aryl methyl sites for hydroxylation is 1. The first-order chi connectivity index (χ1) is 10.7. The van der Waals surface area contributed by atoms with Gasteiger partial charge in [-0.1, -0.05) is 42.5 Å². The Balaban J connectivity index is 2.15. The fourth-order valence-corrected chi connectivity index (χ4v) is 3.13. The van der Waals surface area contributed by atoms with Gasteiger partial charge in [0, 0.05) is 18.3 Å². The Morgan fingerprint density at radius 2 is 1.77 bits per heavy atom. The molecule has 2 N–H and O–H groups in total. The monoisotopic (exact) mass is 294 g/mol. The summed E-state index contributed by atoms with van der Waals surface area (Å²) in [5.41, 5.74) is 3.50. The van der Waals surface area contributed by atoms with E-state index in [1.807, 2.05) is 31.3 Å². The van der Waals surface area contributed by atoms with Crippen LogP contribution < -0.4 is 5.32 Å². The van der Waals surface area contributed by atoms with Crippen molar-refractivity contribution in [1.82, 2.24) is 9.88 Å². The third kappa shape index (κ3) is 2.65. The Labute approximate surface area is 131 Å². The highest BCUT2D eigenvalue weighted by Gasteiger charge is 2.24. The number of nitrogens with zero attached hydrogens (tertiary/aromatic N) is 1. The molecule has 2 atom stereocenters. The number of hydrogen-bond acceptors (Lipinski definition) is 2. The van der Waals surface area contributed by atoms with Crippen molar-refractivity contribution in [2.45, 2.75) is 19.1 Å². The van der Waals surface area contributed by atoms with E-state index in [9.17, 15) is 5.11 Å². The van der Waals surface area contributed by atoms with Crippen LogP contribution in [0.1, 0.15) is 17.2 Å². The molecule has 3 nitrogen and oxygen atoms in total. The molecule has 3 heteroatoms. The lowest BCUT2D eigenvalue weighted by Crippen LogP contribution is -2.33. The van der Waals surface area contributed by atoms with Gasteiger partial charge < -0.3 is 15.0 Å². The molecular weight excluding hydrogens is 272 g/mol. The Kier molecular flexibility index (Phi) is 4.27. The minimum absolute atomic E-state index is 0.103. The maximum absolute atomic E-state index is 10.7. The molecule has 0 unspecified atom stereocenters. The zero-order valence-corrected chi connectivity index (χ0v) is 13.0. The fourth-order valence-electron chi connectivity index (χ4n) is 3.13. The average Bonchev–Trinajstić information content (AvgIpc) is 2.94. The molecule has 3 aromatic rings. The molecule has 0 amide bonds. The van der Waals surface area contributed by atoms with Gasteiger partial charge in [0.25, 0.3) is 0 Å². The van der Waals surface area contributed by atoms with E-state index in [4.69, 9.17) is 0 Å². The molecule has 1 aromatic heterocycles. The number of para-hydroxylation sites is 1. The summed E-state index contributed by atoms with van der Waals surface area (Å²) in [5, 5.41) is 15.0. The summed E-state index contributed by atoms with van der Waals surface area (Å²) in [4.78, 5) is 0. The van der Waals surface area contributed by atoms with Crippen LogP contribution >= 0.6 is 0 Å². The van der Waals surface area contributed by atoms with Crippen LogP contribution in [0.25, 0.3) is 10.9 Å². The number of benzene rings is 2. The van der Waals surface area contributed by atoms with E-state index in [2.05, 4.69) is 53.3 Å². The molecule has 3 rings (SSSR count). The molecule has 0 aliphatic heterocycles. The topological polar surface area (TPSA) is 37.2 Å². The van der Waals surface area contributed by atoms with Crippen molar-refractivity contribution in [2.24, 2.45) is 0 Å². The van der Waals surface area contributed by atoms with Crippen LogP contribution in [0.2, 0.25) is 0 Å². The molecule has 0 aliphatic rings. The van der Waals surface area contributed by atoms with E-state index in [1.165, 1.54) is 10.9 Å². The number of rotatable bonds is 5. The van der Waals surface area contributed by atoms with Crippen molar-refractivity contribution in [2.75, 3.05) is 13.6 Å². The number of aliphatic hydroxyl groups excluding tert-OH is 1. The Hall–Kier alpha value is -2.10. The van der Waals surface area contributed by atoms with Gasteiger partial charge in [0.1, 0.15) is 0 Å². The number of aromatic nitrogens is 1. The largest absolute Gasteiger partial charge is 0.389 e. The highest BCUT2D eigenvalue weighted by molar-refractivity contribution is 5.80. The SMILES string of the molecule is CNC[C@H](O)[C@H](c1ccccc1C)n1ccc2ccccc21. The summed E-state index contributed by atoms with van der Waals surface area (Å²) in [5.74, 6) is 0. The quantitative estimate of drug-likeness (QED) is 0.758. The zero-order chi connectivity index (χ0) is 15.5. The van der Waals surface area contributed by atoms with Gasteiger partial charge in [0.15, 0.2) is 0 Å². The molecular formula is C19H22N2O. The normalized spacial score (nSPS) is 14.1. The van der Waals surface area contributed by atoms with E-state index in [0.29, 0.717) is 6.54 Å². The predicted molar refractivity (Wildman–Crippen MR) is 91.2 cm³/mol. The van der Waals surface area contributed by atoms with Crippen LogP contribution in [0.4, 0.5) is 0 Å². The summed E-state index contributed by atoms with van der Waals surface area (Å²) in [7, 11) is 1.87. The van der Waals surface area contributed by atoms with Gasteiger partial charge >= 0.3 is 0 Å². The first kappa shape index (κ1) is 14.8. The minimum atomic E-state index is -0.498. The zero-order valence-electron chi connectivity index (χ0n) is 13.0. The maximum Gasteiger partial charge on any atom is 0.0912 e. The van der Waals surface area contributed by atoms with Crippen LogP contribution in [-0.2, 0) is 0 Å². The van der Waals surface area contributed by atoms with Crippen molar-refractivity contribution in [3.8, 4) is 0 Å². The second-order valence-corrected chi connectivity index (χ2v) is 5.71. The summed E-state index contributed by atoms with van der Waals surface area (Å²) >= 11 is 0. The van der Waals surface area contributed by atoms with Gasteiger partial charge in [-0.05, 0) is 42.6 Å². The molecule has 0 bridgehead atoms. The molecule has 1 heterocycles. The van der Waals surface area contributed by atoms with Gasteiger partial charge in [-0.15, -0.1) is 0 Å². The van der Waals surface area contributed by atoms with Gasteiger partial charge in [-0.3, -0.25) is 0 Å². The van der Waals surface area contributed by atoms with Crippen molar-refractivity contribution >= 4 is 10.9 Å². The first-order valence-electron chi connectivity index (χ1n) is 7.66.